The van der Waals surface area contributed by atoms with E-state index in [4.69, 9.17) is 20.8 Å². The van der Waals surface area contributed by atoms with Crippen molar-refractivity contribution >= 4 is 35.3 Å². The van der Waals surface area contributed by atoms with E-state index in [0.717, 1.165) is 21.7 Å². The van der Waals surface area contributed by atoms with Gasteiger partial charge in [-0.25, -0.2) is 8.78 Å². The molecule has 0 aliphatic rings. The van der Waals surface area contributed by atoms with E-state index in [9.17, 15) is 18.1 Å². The Labute approximate surface area is 184 Å². The molecule has 2 atom stereocenters. The molecule has 3 aromatic rings. The molecule has 3 rings (SSSR count). The number of hydrogen-bond acceptors (Lipinski definition) is 4. The summed E-state index contributed by atoms with van der Waals surface area (Å²) >= 11 is 5.89. The fourth-order valence-corrected chi connectivity index (χ4v) is 4.14. The fraction of sp³-hybridized carbons (Fsp3) is 0.227. The maximum absolute atomic E-state index is 13.8. The molecular formula is C22H20ClF2NO4P+. The van der Waals surface area contributed by atoms with Crippen LogP contribution in [0.3, 0.4) is 0 Å². The monoisotopic (exact) mass is 466 g/mol. The smallest absolute Gasteiger partial charge is 0.459 e. The Hall–Kier alpha value is -2.60. The van der Waals surface area contributed by atoms with Crippen molar-refractivity contribution in [2.24, 2.45) is 5.92 Å². The first kappa shape index (κ1) is 23.1. The van der Waals surface area contributed by atoms with Gasteiger partial charge in [-0.2, -0.15) is 0 Å². The summed E-state index contributed by atoms with van der Waals surface area (Å²) in [5, 5.41) is 1.63. The fourth-order valence-electron chi connectivity index (χ4n) is 3.05. The van der Waals surface area contributed by atoms with Crippen LogP contribution in [0.25, 0.3) is 10.8 Å². The van der Waals surface area contributed by atoms with Crippen molar-refractivity contribution in [1.29, 1.82) is 0 Å². The summed E-state index contributed by atoms with van der Waals surface area (Å²) in [7, 11) is -2.61. The van der Waals surface area contributed by atoms with Gasteiger partial charge in [-0.15, -0.1) is 0 Å². The molecule has 0 saturated carbocycles. The molecule has 0 radical (unpaired) electrons. The van der Waals surface area contributed by atoms with E-state index in [1.165, 1.54) is 6.07 Å². The molecule has 3 aromatic carbocycles. The average molecular weight is 467 g/mol. The summed E-state index contributed by atoms with van der Waals surface area (Å²) in [6.07, 6.45) is 0. The van der Waals surface area contributed by atoms with E-state index in [-0.39, 0.29) is 5.56 Å². The number of fused-ring (bicyclic) bond motifs is 1. The van der Waals surface area contributed by atoms with E-state index in [1.807, 2.05) is 30.3 Å². The molecule has 162 valence electrons. The molecule has 0 spiro atoms. The van der Waals surface area contributed by atoms with Crippen LogP contribution in [0.5, 0.6) is 5.75 Å². The van der Waals surface area contributed by atoms with Crippen LogP contribution in [0.2, 0.25) is 0 Å². The van der Waals surface area contributed by atoms with E-state index in [0.29, 0.717) is 11.8 Å². The topological polar surface area (TPSA) is 55.8 Å². The van der Waals surface area contributed by atoms with Crippen LogP contribution in [0, 0.1) is 17.6 Å². The summed E-state index contributed by atoms with van der Waals surface area (Å²) < 4.78 is 44.4. The van der Waals surface area contributed by atoms with Gasteiger partial charge in [0.25, 0.3) is 0 Å². The lowest BCUT2D eigenvalue weighted by Crippen LogP contribution is -2.43. The highest BCUT2D eigenvalue weighted by atomic mass is 35.7. The SMILES string of the molecule is CC(C)[C@@H](C(=O)OCc1ccc(F)cc1F)N(Oc1cccc2ccccc12)[P+](=O)Cl. The number of carbonyl (C=O) groups is 1. The summed E-state index contributed by atoms with van der Waals surface area (Å²) in [6.45, 7) is 2.99. The van der Waals surface area contributed by atoms with Gasteiger partial charge in [-0.3, -0.25) is 4.79 Å². The summed E-state index contributed by atoms with van der Waals surface area (Å²) in [5.74, 6) is -2.41. The zero-order valence-electron chi connectivity index (χ0n) is 16.8. The average Bonchev–Trinajstić information content (AvgIpc) is 2.72. The minimum absolute atomic E-state index is 0.00837. The molecule has 9 heteroatoms. The number of ether oxygens (including phenoxy) is 1. The van der Waals surface area contributed by atoms with Crippen LogP contribution in [0.15, 0.2) is 60.7 Å². The molecule has 0 amide bonds. The van der Waals surface area contributed by atoms with Crippen LogP contribution < -0.4 is 4.84 Å². The van der Waals surface area contributed by atoms with Gasteiger partial charge in [0.1, 0.15) is 23.1 Å². The number of benzene rings is 3. The van der Waals surface area contributed by atoms with Crippen LogP contribution in [-0.2, 0) is 20.7 Å². The number of nitrogens with zero attached hydrogens (tertiary/aromatic N) is 1. The predicted molar refractivity (Wildman–Crippen MR) is 115 cm³/mol. The van der Waals surface area contributed by atoms with E-state index >= 15 is 0 Å². The highest BCUT2D eigenvalue weighted by Crippen LogP contribution is 2.39. The zero-order valence-corrected chi connectivity index (χ0v) is 18.4. The van der Waals surface area contributed by atoms with Gasteiger partial charge in [0.2, 0.25) is 11.2 Å². The van der Waals surface area contributed by atoms with Gasteiger partial charge >= 0.3 is 13.3 Å². The summed E-state index contributed by atoms with van der Waals surface area (Å²) in [5.41, 5.74) is 0.00837. The Kier molecular flexibility index (Phi) is 7.55. The van der Waals surface area contributed by atoms with Crippen LogP contribution in [0.1, 0.15) is 19.4 Å². The van der Waals surface area contributed by atoms with Crippen molar-refractivity contribution in [1.82, 2.24) is 4.83 Å². The Bertz CT molecular complexity index is 1110. The van der Waals surface area contributed by atoms with Gasteiger partial charge in [-0.1, -0.05) is 50.2 Å². The second-order valence-corrected chi connectivity index (χ2v) is 8.84. The molecule has 0 N–H and O–H groups in total. The molecule has 0 saturated heterocycles. The van der Waals surface area contributed by atoms with Crippen molar-refractivity contribution in [3.8, 4) is 5.75 Å². The molecule has 5 nitrogen and oxygen atoms in total. The molecule has 31 heavy (non-hydrogen) atoms. The van der Waals surface area contributed by atoms with E-state index in [1.54, 1.807) is 26.0 Å². The second kappa shape index (κ2) is 10.1. The van der Waals surface area contributed by atoms with Crippen molar-refractivity contribution in [3.63, 3.8) is 0 Å². The van der Waals surface area contributed by atoms with Crippen LogP contribution >= 0.6 is 18.5 Å². The summed E-state index contributed by atoms with van der Waals surface area (Å²) in [6, 6.07) is 14.5. The number of halogens is 3. The van der Waals surface area contributed by atoms with Gasteiger partial charge < -0.3 is 9.57 Å². The van der Waals surface area contributed by atoms with Crippen molar-refractivity contribution < 1.29 is 27.7 Å². The number of carbonyl (C=O) groups excluding carboxylic acids is 1. The maximum Gasteiger partial charge on any atom is 0.593 e. The molecule has 0 bridgehead atoms. The van der Waals surface area contributed by atoms with E-state index < -0.39 is 43.5 Å². The minimum atomic E-state index is -2.61. The first-order chi connectivity index (χ1) is 14.8. The first-order valence-electron chi connectivity index (χ1n) is 9.46. The van der Waals surface area contributed by atoms with Crippen molar-refractivity contribution in [2.45, 2.75) is 26.5 Å². The highest BCUT2D eigenvalue weighted by molar-refractivity contribution is 7.71. The van der Waals surface area contributed by atoms with Gasteiger partial charge in [0, 0.05) is 17.0 Å². The standard InChI is InChI=1S/C22H20ClF2NO4P/c1-14(2)21(22(27)29-13-16-10-11-17(24)12-19(16)25)26(31(23)28)30-20-9-5-7-15-6-3-4-8-18(15)20/h3-12,14,21H,13H2,1-2H3/q+1/t21-/m0/s1. The number of rotatable bonds is 8. The minimum Gasteiger partial charge on any atom is -0.459 e. The highest BCUT2D eigenvalue weighted by Gasteiger charge is 2.45. The maximum atomic E-state index is 13.8. The molecule has 0 fully saturated rings. The lowest BCUT2D eigenvalue weighted by Gasteiger charge is -2.23. The van der Waals surface area contributed by atoms with Crippen LogP contribution in [-0.4, -0.2) is 16.8 Å². The largest absolute Gasteiger partial charge is 0.593 e. The molecule has 0 aliphatic heterocycles. The number of esters is 1. The third kappa shape index (κ3) is 5.56. The lowest BCUT2D eigenvalue weighted by atomic mass is 10.1. The molecule has 1 unspecified atom stereocenters. The van der Waals surface area contributed by atoms with Gasteiger partial charge in [-0.05, 0) is 34.1 Å². The normalized spacial score (nSPS) is 12.8. The Morgan fingerprint density at radius 3 is 2.48 bits per heavy atom. The summed E-state index contributed by atoms with van der Waals surface area (Å²) in [4.78, 5) is 19.5. The van der Waals surface area contributed by atoms with Crippen molar-refractivity contribution in [3.05, 3.63) is 77.9 Å². The Balaban J connectivity index is 1.83. The quantitative estimate of drug-likeness (QED) is 0.219. The Morgan fingerprint density at radius 1 is 1.10 bits per heavy atom. The van der Waals surface area contributed by atoms with Gasteiger partial charge in [0.05, 0.1) is 0 Å². The first-order valence-corrected chi connectivity index (χ1v) is 11.6. The zero-order chi connectivity index (χ0) is 22.5. The molecular weight excluding hydrogens is 447 g/mol. The molecule has 0 heterocycles. The number of hydroxylamine groups is 1. The second-order valence-electron chi connectivity index (χ2n) is 7.13. The van der Waals surface area contributed by atoms with E-state index in [2.05, 4.69) is 0 Å². The third-order valence-corrected chi connectivity index (χ3v) is 5.68. The molecule has 0 aliphatic carbocycles. The third-order valence-electron chi connectivity index (χ3n) is 4.59. The van der Waals surface area contributed by atoms with Gasteiger partial charge in [0.15, 0.2) is 11.8 Å². The predicted octanol–water partition coefficient (Wildman–Crippen LogP) is 6.38. The number of hydrogen-bond donors (Lipinski definition) is 0. The lowest BCUT2D eigenvalue weighted by molar-refractivity contribution is -0.159. The Morgan fingerprint density at radius 2 is 1.81 bits per heavy atom. The molecule has 0 aromatic heterocycles. The van der Waals surface area contributed by atoms with Crippen LogP contribution in [0.4, 0.5) is 8.78 Å². The van der Waals surface area contributed by atoms with Crippen molar-refractivity contribution in [2.75, 3.05) is 0 Å².